The highest BCUT2D eigenvalue weighted by Crippen LogP contribution is 2.19. The predicted molar refractivity (Wildman–Crippen MR) is 69.1 cm³/mol. The molecule has 4 nitrogen and oxygen atoms in total. The maximum atomic E-state index is 6.04. The van der Waals surface area contributed by atoms with Crippen molar-refractivity contribution in [3.05, 3.63) is 35.9 Å². The summed E-state index contributed by atoms with van der Waals surface area (Å²) in [7, 11) is 4.54. The molecule has 0 heterocycles. The largest absolute Gasteiger partial charge is 0.330 e. The van der Waals surface area contributed by atoms with Crippen LogP contribution >= 0.6 is 12.4 Å². The molecule has 0 radical (unpaired) electrons. The third-order valence-corrected chi connectivity index (χ3v) is 2.61. The smallest absolute Gasteiger partial charge is 0.298 e. The molecule has 2 N–H and O–H groups in total. The van der Waals surface area contributed by atoms with E-state index in [1.807, 2.05) is 30.3 Å². The van der Waals surface area contributed by atoms with Crippen molar-refractivity contribution < 1.29 is 14.2 Å². The second kappa shape index (κ2) is 7.63. The van der Waals surface area contributed by atoms with Crippen molar-refractivity contribution in [3.63, 3.8) is 0 Å². The van der Waals surface area contributed by atoms with Gasteiger partial charge in [0.15, 0.2) is 0 Å². The lowest BCUT2D eigenvalue weighted by molar-refractivity contribution is -0.361. The van der Waals surface area contributed by atoms with Gasteiger partial charge in [0.05, 0.1) is 6.04 Å². The molecular weight excluding hydrogens is 242 g/mol. The first-order chi connectivity index (χ1) is 7.68. The van der Waals surface area contributed by atoms with E-state index in [1.165, 1.54) is 21.3 Å². The highest BCUT2D eigenvalue weighted by molar-refractivity contribution is 5.85. The number of benzene rings is 1. The molecule has 98 valence electrons. The molecule has 1 rings (SSSR count). The lowest BCUT2D eigenvalue weighted by Crippen LogP contribution is -2.53. The molecule has 0 amide bonds. The van der Waals surface area contributed by atoms with E-state index >= 15 is 0 Å². The van der Waals surface area contributed by atoms with E-state index < -0.39 is 12.0 Å². The van der Waals surface area contributed by atoms with Crippen molar-refractivity contribution in [1.29, 1.82) is 0 Å². The summed E-state index contributed by atoms with van der Waals surface area (Å²) in [6, 6.07) is 9.52. The highest BCUT2D eigenvalue weighted by atomic mass is 35.5. The molecule has 1 atom stereocenters. The molecule has 0 aromatic heterocycles. The molecule has 5 heteroatoms. The average molecular weight is 262 g/mol. The van der Waals surface area contributed by atoms with E-state index in [0.717, 1.165) is 5.56 Å². The minimum Gasteiger partial charge on any atom is -0.330 e. The molecule has 1 aromatic carbocycles. The maximum absolute atomic E-state index is 6.04. The Kier molecular flexibility index (Phi) is 7.34. The quantitative estimate of drug-likeness (QED) is 0.790. The summed E-state index contributed by atoms with van der Waals surface area (Å²) in [5, 5.41) is 0. The topological polar surface area (TPSA) is 53.7 Å². The molecule has 0 aliphatic rings. The number of ether oxygens (including phenoxy) is 3. The van der Waals surface area contributed by atoms with E-state index in [9.17, 15) is 0 Å². The van der Waals surface area contributed by atoms with Crippen molar-refractivity contribution >= 4 is 12.4 Å². The summed E-state index contributed by atoms with van der Waals surface area (Å²) < 4.78 is 15.6. The van der Waals surface area contributed by atoms with Gasteiger partial charge in [0.2, 0.25) is 0 Å². The first-order valence-electron chi connectivity index (χ1n) is 5.13. The predicted octanol–water partition coefficient (Wildman–Crippen LogP) is 1.57. The molecule has 0 spiro atoms. The van der Waals surface area contributed by atoms with Crippen molar-refractivity contribution in [2.24, 2.45) is 5.73 Å². The van der Waals surface area contributed by atoms with Crippen LogP contribution in [0.15, 0.2) is 30.3 Å². The number of rotatable bonds is 6. The second-order valence-corrected chi connectivity index (χ2v) is 3.51. The Morgan fingerprint density at radius 1 is 1.06 bits per heavy atom. The van der Waals surface area contributed by atoms with Crippen molar-refractivity contribution in [2.45, 2.75) is 18.4 Å². The zero-order chi connectivity index (χ0) is 12.0. The minimum absolute atomic E-state index is 0. The SMILES string of the molecule is COC(OC)(OC)C(N)Cc1ccccc1.Cl. The van der Waals surface area contributed by atoms with E-state index in [0.29, 0.717) is 6.42 Å². The third kappa shape index (κ3) is 3.94. The van der Waals surface area contributed by atoms with Gasteiger partial charge in [-0.1, -0.05) is 30.3 Å². The van der Waals surface area contributed by atoms with Gasteiger partial charge < -0.3 is 19.9 Å². The van der Waals surface area contributed by atoms with Crippen molar-refractivity contribution in [3.8, 4) is 0 Å². The van der Waals surface area contributed by atoms with E-state index in [2.05, 4.69) is 0 Å². The summed E-state index contributed by atoms with van der Waals surface area (Å²) in [5.41, 5.74) is 7.16. The summed E-state index contributed by atoms with van der Waals surface area (Å²) in [5.74, 6) is -1.18. The number of nitrogens with two attached hydrogens (primary N) is 1. The standard InChI is InChI=1S/C12H19NO3.ClH/c1-14-12(15-2,16-3)11(13)9-10-7-5-4-6-8-10;/h4-8,11H,9,13H2,1-3H3;1H. The van der Waals surface area contributed by atoms with E-state index in [4.69, 9.17) is 19.9 Å². The molecular formula is C12H20ClNO3. The lowest BCUT2D eigenvalue weighted by atomic mass is 10.0. The van der Waals surface area contributed by atoms with Crippen LogP contribution in [0.3, 0.4) is 0 Å². The summed E-state index contributed by atoms with van der Waals surface area (Å²) in [6.45, 7) is 0. The normalized spacial score (nSPS) is 12.9. The van der Waals surface area contributed by atoms with Gasteiger partial charge in [-0.25, -0.2) is 0 Å². The van der Waals surface area contributed by atoms with Crippen LogP contribution in [0, 0.1) is 0 Å². The Morgan fingerprint density at radius 2 is 1.53 bits per heavy atom. The van der Waals surface area contributed by atoms with Crippen LogP contribution in [-0.4, -0.2) is 33.3 Å². The fourth-order valence-electron chi connectivity index (χ4n) is 1.70. The van der Waals surface area contributed by atoms with Crippen LogP contribution in [0.2, 0.25) is 0 Å². The zero-order valence-corrected chi connectivity index (χ0v) is 11.2. The van der Waals surface area contributed by atoms with Crippen LogP contribution in [0.25, 0.3) is 0 Å². The van der Waals surface area contributed by atoms with Gasteiger partial charge >= 0.3 is 0 Å². The van der Waals surface area contributed by atoms with E-state index in [1.54, 1.807) is 0 Å². The molecule has 0 bridgehead atoms. The van der Waals surface area contributed by atoms with Gasteiger partial charge in [-0.15, -0.1) is 12.4 Å². The van der Waals surface area contributed by atoms with Crippen LogP contribution in [-0.2, 0) is 20.6 Å². The molecule has 0 aliphatic heterocycles. The molecule has 0 saturated heterocycles. The summed E-state index contributed by atoms with van der Waals surface area (Å²) in [6.07, 6.45) is 0.621. The van der Waals surface area contributed by atoms with Crippen LogP contribution < -0.4 is 5.73 Å². The first kappa shape index (κ1) is 16.4. The number of hydrogen-bond acceptors (Lipinski definition) is 4. The average Bonchev–Trinajstić information content (AvgIpc) is 2.33. The van der Waals surface area contributed by atoms with E-state index in [-0.39, 0.29) is 12.4 Å². The Bertz CT molecular complexity index is 296. The third-order valence-electron chi connectivity index (χ3n) is 2.61. The first-order valence-corrected chi connectivity index (χ1v) is 5.13. The van der Waals surface area contributed by atoms with Gasteiger partial charge in [0.25, 0.3) is 5.97 Å². The van der Waals surface area contributed by atoms with Crippen LogP contribution in [0.5, 0.6) is 0 Å². The Labute approximate surface area is 108 Å². The molecule has 0 aliphatic carbocycles. The maximum Gasteiger partial charge on any atom is 0.298 e. The Morgan fingerprint density at radius 3 is 1.94 bits per heavy atom. The molecule has 0 fully saturated rings. The fourth-order valence-corrected chi connectivity index (χ4v) is 1.70. The lowest BCUT2D eigenvalue weighted by Gasteiger charge is -2.34. The fraction of sp³-hybridized carbons (Fsp3) is 0.500. The molecule has 17 heavy (non-hydrogen) atoms. The van der Waals surface area contributed by atoms with Crippen LogP contribution in [0.4, 0.5) is 0 Å². The summed E-state index contributed by atoms with van der Waals surface area (Å²) in [4.78, 5) is 0. The molecule has 1 aromatic rings. The Balaban J connectivity index is 0.00000256. The zero-order valence-electron chi connectivity index (χ0n) is 10.4. The highest BCUT2D eigenvalue weighted by Gasteiger charge is 2.37. The Hall–Kier alpha value is -0.650. The van der Waals surface area contributed by atoms with Crippen molar-refractivity contribution in [1.82, 2.24) is 0 Å². The monoisotopic (exact) mass is 261 g/mol. The van der Waals surface area contributed by atoms with Gasteiger partial charge in [0.1, 0.15) is 0 Å². The minimum atomic E-state index is -1.18. The molecule has 0 saturated carbocycles. The number of hydrogen-bond donors (Lipinski definition) is 1. The van der Waals surface area contributed by atoms with Crippen molar-refractivity contribution in [2.75, 3.05) is 21.3 Å². The van der Waals surface area contributed by atoms with Gasteiger partial charge in [-0.2, -0.15) is 0 Å². The van der Waals surface area contributed by atoms with Crippen LogP contribution in [0.1, 0.15) is 5.56 Å². The number of halogens is 1. The van der Waals surface area contributed by atoms with Gasteiger partial charge in [-0.3, -0.25) is 0 Å². The summed E-state index contributed by atoms with van der Waals surface area (Å²) >= 11 is 0. The van der Waals surface area contributed by atoms with Gasteiger partial charge in [-0.05, 0) is 12.0 Å². The van der Waals surface area contributed by atoms with Gasteiger partial charge in [0, 0.05) is 21.3 Å². The number of methoxy groups -OCH3 is 3. The second-order valence-electron chi connectivity index (χ2n) is 3.51. The molecule has 1 unspecified atom stereocenters.